The van der Waals surface area contributed by atoms with Crippen molar-refractivity contribution in [1.29, 1.82) is 0 Å². The second-order valence-corrected chi connectivity index (χ2v) is 6.28. The molecule has 0 fully saturated rings. The third kappa shape index (κ3) is 6.90. The largest absolute Gasteiger partial charge is 0.360 e. The fourth-order valence-electron chi connectivity index (χ4n) is 2.12. The summed E-state index contributed by atoms with van der Waals surface area (Å²) in [6.45, 7) is 8.89. The first-order valence-corrected chi connectivity index (χ1v) is 8.08. The number of aryl methyl sites for hydroxylation is 1. The molecule has 0 aliphatic heterocycles. The van der Waals surface area contributed by atoms with Gasteiger partial charge in [-0.05, 0) is 55.6 Å². The first-order chi connectivity index (χ1) is 9.51. The Labute approximate surface area is 129 Å². The van der Waals surface area contributed by atoms with Crippen LogP contribution in [-0.4, -0.2) is 11.2 Å². The van der Waals surface area contributed by atoms with Gasteiger partial charge in [0.15, 0.2) is 5.11 Å². The van der Waals surface area contributed by atoms with Crippen LogP contribution in [0.2, 0.25) is 0 Å². The molecule has 0 aliphatic carbocycles. The van der Waals surface area contributed by atoms with E-state index < -0.39 is 0 Å². The van der Waals surface area contributed by atoms with Crippen LogP contribution in [0.1, 0.15) is 52.5 Å². The predicted octanol–water partition coefficient (Wildman–Crippen LogP) is 4.75. The maximum Gasteiger partial charge on any atom is 0.170 e. The molecule has 0 bridgehead atoms. The summed E-state index contributed by atoms with van der Waals surface area (Å²) >= 11 is 5.35. The Morgan fingerprint density at radius 3 is 2.30 bits per heavy atom. The Hall–Kier alpha value is -1.09. The van der Waals surface area contributed by atoms with E-state index in [-0.39, 0.29) is 0 Å². The lowest BCUT2D eigenvalue weighted by Crippen LogP contribution is -2.35. The molecule has 112 valence electrons. The van der Waals surface area contributed by atoms with Gasteiger partial charge in [0, 0.05) is 11.7 Å². The average Bonchev–Trinajstić information content (AvgIpc) is 2.38. The van der Waals surface area contributed by atoms with Crippen LogP contribution in [0.25, 0.3) is 0 Å². The summed E-state index contributed by atoms with van der Waals surface area (Å²) in [6.07, 6.45) is 4.76. The zero-order valence-electron chi connectivity index (χ0n) is 13.2. The van der Waals surface area contributed by atoms with Crippen molar-refractivity contribution in [2.75, 3.05) is 5.32 Å². The standard InChI is InChI=1S/C17H28N2S/c1-5-15-9-11-16(12-10-15)19-17(20)18-14(4)8-6-7-13(2)3/h9-14H,5-8H2,1-4H3,(H2,18,19,20). The van der Waals surface area contributed by atoms with Crippen LogP contribution >= 0.6 is 12.2 Å². The minimum absolute atomic E-state index is 0.420. The monoisotopic (exact) mass is 292 g/mol. The Bertz CT molecular complexity index is 398. The van der Waals surface area contributed by atoms with Gasteiger partial charge in [-0.2, -0.15) is 0 Å². The highest BCUT2D eigenvalue weighted by atomic mass is 32.1. The van der Waals surface area contributed by atoms with E-state index in [0.29, 0.717) is 11.2 Å². The molecule has 0 aromatic heterocycles. The Morgan fingerprint density at radius 1 is 1.10 bits per heavy atom. The van der Waals surface area contributed by atoms with Crippen molar-refractivity contribution in [1.82, 2.24) is 5.32 Å². The van der Waals surface area contributed by atoms with Gasteiger partial charge in [0.1, 0.15) is 0 Å². The lowest BCUT2D eigenvalue weighted by Gasteiger charge is -2.17. The van der Waals surface area contributed by atoms with Gasteiger partial charge in [0.05, 0.1) is 0 Å². The zero-order chi connectivity index (χ0) is 15.0. The molecule has 0 heterocycles. The number of anilines is 1. The molecule has 2 nitrogen and oxygen atoms in total. The summed E-state index contributed by atoms with van der Waals surface area (Å²) in [6, 6.07) is 8.85. The molecule has 1 aromatic carbocycles. The predicted molar refractivity (Wildman–Crippen MR) is 93.3 cm³/mol. The van der Waals surface area contributed by atoms with Crippen molar-refractivity contribution < 1.29 is 0 Å². The summed E-state index contributed by atoms with van der Waals surface area (Å²) < 4.78 is 0. The van der Waals surface area contributed by atoms with E-state index in [1.807, 2.05) is 0 Å². The molecular formula is C17H28N2S. The highest BCUT2D eigenvalue weighted by Gasteiger charge is 2.05. The topological polar surface area (TPSA) is 24.1 Å². The maximum atomic E-state index is 5.35. The van der Waals surface area contributed by atoms with E-state index in [4.69, 9.17) is 12.2 Å². The van der Waals surface area contributed by atoms with Crippen LogP contribution in [0.3, 0.4) is 0 Å². The van der Waals surface area contributed by atoms with Crippen LogP contribution in [0.15, 0.2) is 24.3 Å². The van der Waals surface area contributed by atoms with Gasteiger partial charge < -0.3 is 10.6 Å². The highest BCUT2D eigenvalue weighted by molar-refractivity contribution is 7.80. The molecule has 1 aromatic rings. The lowest BCUT2D eigenvalue weighted by atomic mass is 10.0. The van der Waals surface area contributed by atoms with Crippen LogP contribution in [-0.2, 0) is 6.42 Å². The summed E-state index contributed by atoms with van der Waals surface area (Å²) in [5, 5.41) is 7.31. The molecule has 0 aliphatic rings. The molecule has 3 heteroatoms. The van der Waals surface area contributed by atoms with Gasteiger partial charge in [-0.25, -0.2) is 0 Å². The number of hydrogen-bond acceptors (Lipinski definition) is 1. The van der Waals surface area contributed by atoms with E-state index in [1.54, 1.807) is 0 Å². The summed E-state index contributed by atoms with van der Waals surface area (Å²) in [4.78, 5) is 0. The second-order valence-electron chi connectivity index (χ2n) is 5.87. The van der Waals surface area contributed by atoms with Gasteiger partial charge in [-0.15, -0.1) is 0 Å². The van der Waals surface area contributed by atoms with Gasteiger partial charge in [0.25, 0.3) is 0 Å². The molecular weight excluding hydrogens is 264 g/mol. The van der Waals surface area contributed by atoms with E-state index in [2.05, 4.69) is 62.6 Å². The minimum Gasteiger partial charge on any atom is -0.360 e. The van der Waals surface area contributed by atoms with Crippen LogP contribution in [0.4, 0.5) is 5.69 Å². The number of benzene rings is 1. The van der Waals surface area contributed by atoms with E-state index in [9.17, 15) is 0 Å². The maximum absolute atomic E-state index is 5.35. The zero-order valence-corrected chi connectivity index (χ0v) is 14.0. The SMILES string of the molecule is CCc1ccc(NC(=S)NC(C)CCCC(C)C)cc1. The number of nitrogens with one attached hydrogen (secondary N) is 2. The molecule has 0 saturated carbocycles. The summed E-state index contributed by atoms with van der Waals surface area (Å²) in [5.41, 5.74) is 2.39. The molecule has 0 saturated heterocycles. The van der Waals surface area contributed by atoms with Gasteiger partial charge in [-0.1, -0.05) is 45.7 Å². The number of rotatable bonds is 7. The summed E-state index contributed by atoms with van der Waals surface area (Å²) in [5.74, 6) is 0.782. The van der Waals surface area contributed by atoms with Crippen molar-refractivity contribution in [2.24, 2.45) is 5.92 Å². The van der Waals surface area contributed by atoms with Crippen molar-refractivity contribution in [3.8, 4) is 0 Å². The van der Waals surface area contributed by atoms with Crippen molar-refractivity contribution in [3.05, 3.63) is 29.8 Å². The highest BCUT2D eigenvalue weighted by Crippen LogP contribution is 2.11. The molecule has 1 rings (SSSR count). The van der Waals surface area contributed by atoms with Gasteiger partial charge >= 0.3 is 0 Å². The Morgan fingerprint density at radius 2 is 1.75 bits per heavy atom. The average molecular weight is 292 g/mol. The first kappa shape index (κ1) is 17.0. The molecule has 1 unspecified atom stereocenters. The fourth-order valence-corrected chi connectivity index (χ4v) is 2.44. The number of hydrogen-bond donors (Lipinski definition) is 2. The van der Waals surface area contributed by atoms with Crippen LogP contribution in [0, 0.1) is 5.92 Å². The van der Waals surface area contributed by atoms with E-state index >= 15 is 0 Å². The molecule has 1 atom stereocenters. The normalized spacial score (nSPS) is 12.2. The Kier molecular flexibility index (Phi) is 7.60. The molecule has 0 spiro atoms. The third-order valence-corrected chi connectivity index (χ3v) is 3.64. The smallest absolute Gasteiger partial charge is 0.170 e. The van der Waals surface area contributed by atoms with Gasteiger partial charge in [-0.3, -0.25) is 0 Å². The first-order valence-electron chi connectivity index (χ1n) is 7.67. The lowest BCUT2D eigenvalue weighted by molar-refractivity contribution is 0.495. The third-order valence-electron chi connectivity index (χ3n) is 3.42. The number of thiocarbonyl (C=S) groups is 1. The summed E-state index contributed by atoms with van der Waals surface area (Å²) in [7, 11) is 0. The Balaban J connectivity index is 2.31. The van der Waals surface area contributed by atoms with E-state index in [0.717, 1.165) is 24.4 Å². The van der Waals surface area contributed by atoms with Crippen molar-refractivity contribution >= 4 is 23.0 Å². The van der Waals surface area contributed by atoms with Gasteiger partial charge in [0.2, 0.25) is 0 Å². The van der Waals surface area contributed by atoms with Crippen molar-refractivity contribution in [3.63, 3.8) is 0 Å². The van der Waals surface area contributed by atoms with Crippen LogP contribution < -0.4 is 10.6 Å². The van der Waals surface area contributed by atoms with Crippen molar-refractivity contribution in [2.45, 2.75) is 59.4 Å². The molecule has 0 amide bonds. The second kappa shape index (κ2) is 8.96. The van der Waals surface area contributed by atoms with E-state index in [1.165, 1.54) is 18.4 Å². The molecule has 0 radical (unpaired) electrons. The molecule has 20 heavy (non-hydrogen) atoms. The quantitative estimate of drug-likeness (QED) is 0.709. The molecule has 2 N–H and O–H groups in total. The van der Waals surface area contributed by atoms with Crippen LogP contribution in [0.5, 0.6) is 0 Å². The fraction of sp³-hybridized carbons (Fsp3) is 0.588. The minimum atomic E-state index is 0.420.